The minimum absolute atomic E-state index is 0.657. The maximum atomic E-state index is 11.1. The predicted octanol–water partition coefficient (Wildman–Crippen LogP) is -0.661. The first-order valence-electron chi connectivity index (χ1n) is 4.30. The lowest BCUT2D eigenvalue weighted by molar-refractivity contribution is -0.970. The van der Waals surface area contributed by atoms with Gasteiger partial charge in [-0.05, 0) is 0 Å². The molecule has 96 valence electrons. The molecule has 11 nitrogen and oxygen atoms in total. The summed E-state index contributed by atoms with van der Waals surface area (Å²) in [6.07, 6.45) is -1.76. The molecule has 0 bridgehead atoms. The van der Waals surface area contributed by atoms with Crippen LogP contribution in [0.2, 0.25) is 0 Å². The largest absolute Gasteiger partial charge is 0.700 e. The van der Waals surface area contributed by atoms with E-state index in [-0.39, 0.29) is 0 Å². The molecule has 0 spiro atoms. The van der Waals surface area contributed by atoms with Crippen molar-refractivity contribution >= 4 is 5.91 Å². The van der Waals surface area contributed by atoms with Crippen molar-refractivity contribution < 1.29 is 19.6 Å². The normalized spacial score (nSPS) is 10.7. The van der Waals surface area contributed by atoms with Gasteiger partial charge in [-0.2, -0.15) is 0 Å². The third kappa shape index (κ3) is 2.83. The van der Waals surface area contributed by atoms with Gasteiger partial charge in [-0.1, -0.05) is 0 Å². The van der Waals surface area contributed by atoms with Crippen LogP contribution in [-0.2, 0) is 4.79 Å². The Morgan fingerprint density at radius 2 is 1.41 bits per heavy atom. The fourth-order valence-electron chi connectivity index (χ4n) is 0.972. The van der Waals surface area contributed by atoms with E-state index in [1.807, 2.05) is 0 Å². The van der Waals surface area contributed by atoms with E-state index >= 15 is 0 Å². The number of nitrogens with zero attached hydrogens (tertiary/aromatic N) is 4. The first kappa shape index (κ1) is 14.7. The second kappa shape index (κ2) is 5.14. The van der Waals surface area contributed by atoms with E-state index in [0.717, 1.165) is 4.90 Å². The molecule has 0 fully saturated rings. The monoisotopic (exact) mass is 250 g/mol. The number of carbonyl (C=O) groups excluding carboxylic acids is 1. The van der Waals surface area contributed by atoms with Gasteiger partial charge >= 0.3 is 5.79 Å². The van der Waals surface area contributed by atoms with Gasteiger partial charge in [0.2, 0.25) is 5.91 Å². The summed E-state index contributed by atoms with van der Waals surface area (Å²) in [5.41, 5.74) is 0. The second-order valence-electron chi connectivity index (χ2n) is 3.33. The molecule has 0 atom stereocenters. The van der Waals surface area contributed by atoms with Crippen LogP contribution in [-0.4, -0.2) is 45.5 Å². The minimum atomic E-state index is -3.56. The summed E-state index contributed by atoms with van der Waals surface area (Å²) < 4.78 is 0. The molecule has 0 saturated carbocycles. The van der Waals surface area contributed by atoms with Gasteiger partial charge in [0, 0.05) is 20.5 Å². The van der Waals surface area contributed by atoms with Crippen LogP contribution in [0.15, 0.2) is 0 Å². The number of rotatable bonds is 6. The van der Waals surface area contributed by atoms with Gasteiger partial charge in [-0.25, -0.2) is 0 Å². The molecule has 0 N–H and O–H groups in total. The van der Waals surface area contributed by atoms with Crippen molar-refractivity contribution in [2.75, 3.05) is 14.1 Å². The van der Waals surface area contributed by atoms with Crippen molar-refractivity contribution in [3.05, 3.63) is 30.3 Å². The summed E-state index contributed by atoms with van der Waals surface area (Å²) in [6, 6.07) is 0. The summed E-state index contributed by atoms with van der Waals surface area (Å²) in [5, 5.41) is 31.5. The van der Waals surface area contributed by atoms with Crippen LogP contribution >= 0.6 is 0 Å². The summed E-state index contributed by atoms with van der Waals surface area (Å²) >= 11 is 0. The number of hydrogen-bond acceptors (Lipinski definition) is 7. The van der Waals surface area contributed by atoms with Crippen molar-refractivity contribution in [1.29, 1.82) is 0 Å². The van der Waals surface area contributed by atoms with Gasteiger partial charge in [-0.3, -0.25) is 35.1 Å². The maximum Gasteiger partial charge on any atom is 0.700 e. The van der Waals surface area contributed by atoms with Crippen molar-refractivity contribution in [2.45, 2.75) is 18.6 Å². The van der Waals surface area contributed by atoms with Crippen LogP contribution in [0.25, 0.3) is 0 Å². The zero-order chi connectivity index (χ0) is 13.8. The van der Waals surface area contributed by atoms with E-state index in [9.17, 15) is 35.1 Å². The van der Waals surface area contributed by atoms with Crippen LogP contribution in [0.3, 0.4) is 0 Å². The first-order chi connectivity index (χ1) is 7.66. The average Bonchev–Trinajstić information content (AvgIpc) is 2.16. The Labute approximate surface area is 94.4 Å². The molecule has 0 aromatic heterocycles. The summed E-state index contributed by atoms with van der Waals surface area (Å²) in [4.78, 5) is 38.8. The van der Waals surface area contributed by atoms with Gasteiger partial charge in [0.05, 0.1) is 0 Å². The fraction of sp³-hybridized carbons (Fsp3) is 0.833. The molecule has 1 amide bonds. The SMILES string of the molecule is CN(C)C(=O)CCC([N+](=O)[O-])([N+](=O)[O-])[N+](=O)[O-]. The molecule has 0 aliphatic rings. The molecule has 17 heavy (non-hydrogen) atoms. The zero-order valence-corrected chi connectivity index (χ0v) is 9.06. The van der Waals surface area contributed by atoms with Gasteiger partial charge < -0.3 is 4.90 Å². The minimum Gasteiger partial charge on any atom is -0.349 e. The molecule has 0 radical (unpaired) electrons. The van der Waals surface area contributed by atoms with Crippen LogP contribution in [0.4, 0.5) is 0 Å². The van der Waals surface area contributed by atoms with Gasteiger partial charge in [0.1, 0.15) is 0 Å². The molecule has 0 rings (SSSR count). The summed E-state index contributed by atoms with van der Waals surface area (Å²) in [6.45, 7) is 0. The van der Waals surface area contributed by atoms with E-state index in [0.29, 0.717) is 0 Å². The average molecular weight is 250 g/mol. The molecule has 0 heterocycles. The molecular weight excluding hydrogens is 240 g/mol. The summed E-state index contributed by atoms with van der Waals surface area (Å²) in [7, 11) is 2.66. The topological polar surface area (TPSA) is 150 Å². The Morgan fingerprint density at radius 1 is 1.06 bits per heavy atom. The zero-order valence-electron chi connectivity index (χ0n) is 9.06. The molecule has 0 saturated heterocycles. The third-order valence-corrected chi connectivity index (χ3v) is 2.05. The maximum absolute atomic E-state index is 11.1. The lowest BCUT2D eigenvalue weighted by atomic mass is 10.2. The highest BCUT2D eigenvalue weighted by atomic mass is 16.7. The van der Waals surface area contributed by atoms with Crippen LogP contribution < -0.4 is 0 Å². The third-order valence-electron chi connectivity index (χ3n) is 2.05. The van der Waals surface area contributed by atoms with Crippen molar-refractivity contribution in [2.24, 2.45) is 0 Å². The smallest absolute Gasteiger partial charge is 0.349 e. The van der Waals surface area contributed by atoms with Crippen molar-refractivity contribution in [3.63, 3.8) is 0 Å². The molecular formula is C6H10N4O7. The fourth-order valence-corrected chi connectivity index (χ4v) is 0.972. The highest BCUT2D eigenvalue weighted by Crippen LogP contribution is 2.19. The molecule has 0 aliphatic carbocycles. The van der Waals surface area contributed by atoms with Crippen LogP contribution in [0.5, 0.6) is 0 Å². The summed E-state index contributed by atoms with van der Waals surface area (Å²) in [5.74, 6) is -4.23. The molecule has 0 unspecified atom stereocenters. The number of hydrogen-bond donors (Lipinski definition) is 0. The second-order valence-corrected chi connectivity index (χ2v) is 3.33. The highest BCUT2D eigenvalue weighted by molar-refractivity contribution is 5.75. The lowest BCUT2D eigenvalue weighted by Gasteiger charge is -2.11. The number of nitro groups is 3. The molecule has 0 aromatic rings. The number of amides is 1. The predicted molar refractivity (Wildman–Crippen MR) is 51.6 cm³/mol. The van der Waals surface area contributed by atoms with Crippen LogP contribution in [0, 0.1) is 30.3 Å². The van der Waals surface area contributed by atoms with E-state index in [1.54, 1.807) is 0 Å². The Bertz CT molecular complexity index is 329. The lowest BCUT2D eigenvalue weighted by Crippen LogP contribution is -2.53. The molecule has 0 aromatic carbocycles. The first-order valence-corrected chi connectivity index (χ1v) is 4.30. The quantitative estimate of drug-likeness (QED) is 0.344. The van der Waals surface area contributed by atoms with E-state index in [1.165, 1.54) is 14.1 Å². The Balaban J connectivity index is 5.09. The van der Waals surface area contributed by atoms with Crippen molar-refractivity contribution in [3.8, 4) is 0 Å². The Morgan fingerprint density at radius 3 is 1.65 bits per heavy atom. The van der Waals surface area contributed by atoms with Gasteiger partial charge in [0.15, 0.2) is 21.2 Å². The molecule has 0 aliphatic heterocycles. The Hall–Kier alpha value is -2.33. The molecule has 11 heteroatoms. The van der Waals surface area contributed by atoms with E-state index in [4.69, 9.17) is 0 Å². The van der Waals surface area contributed by atoms with Gasteiger partial charge in [-0.15, -0.1) is 0 Å². The highest BCUT2D eigenvalue weighted by Gasteiger charge is 2.69. The van der Waals surface area contributed by atoms with Crippen LogP contribution in [0.1, 0.15) is 12.8 Å². The van der Waals surface area contributed by atoms with Gasteiger partial charge in [0.25, 0.3) is 0 Å². The van der Waals surface area contributed by atoms with E-state index < -0.39 is 39.3 Å². The standard InChI is InChI=1S/C6H10N4O7/c1-7(2)5(11)3-4-6(8(12)13,9(14)15)10(16)17/h3-4H2,1-2H3. The Kier molecular flexibility index (Phi) is 4.43. The van der Waals surface area contributed by atoms with Crippen molar-refractivity contribution in [1.82, 2.24) is 4.90 Å². The van der Waals surface area contributed by atoms with E-state index in [2.05, 4.69) is 0 Å². The number of carbonyl (C=O) groups is 1.